The van der Waals surface area contributed by atoms with Crippen LogP contribution in [0.15, 0.2) is 48.7 Å². The van der Waals surface area contributed by atoms with Gasteiger partial charge in [0.2, 0.25) is 5.95 Å². The quantitative estimate of drug-likeness (QED) is 0.412. The maximum atomic E-state index is 5.59. The van der Waals surface area contributed by atoms with Crippen molar-refractivity contribution >= 4 is 34.5 Å². The Bertz CT molecular complexity index is 1190. The van der Waals surface area contributed by atoms with Gasteiger partial charge in [-0.15, -0.1) is 0 Å². The number of aryl methyl sites for hydroxylation is 1. The van der Waals surface area contributed by atoms with Crippen LogP contribution in [0, 0.1) is 6.92 Å². The second kappa shape index (κ2) is 13.0. The molecule has 2 fully saturated rings. The fraction of sp³-hybridized carbons (Fsp3) is 0.448. The molecule has 0 saturated carbocycles. The van der Waals surface area contributed by atoms with E-state index < -0.39 is 0 Å². The zero-order valence-electron chi connectivity index (χ0n) is 23.1. The van der Waals surface area contributed by atoms with Gasteiger partial charge < -0.3 is 39.0 Å². The number of aromatic nitrogens is 2. The Labute approximate surface area is 230 Å². The first-order chi connectivity index (χ1) is 19.1. The minimum atomic E-state index is 0.530. The average molecular weight is 535 g/mol. The number of hydrogen-bond acceptors (Lipinski definition) is 10. The van der Waals surface area contributed by atoms with Gasteiger partial charge in [0, 0.05) is 74.8 Å². The molecule has 10 nitrogen and oxygen atoms in total. The third-order valence-corrected chi connectivity index (χ3v) is 7.05. The van der Waals surface area contributed by atoms with Crippen LogP contribution in [0.3, 0.4) is 0 Å². The number of anilines is 6. The van der Waals surface area contributed by atoms with Gasteiger partial charge in [0.15, 0.2) is 0 Å². The van der Waals surface area contributed by atoms with Gasteiger partial charge in [0.25, 0.3) is 0 Å². The minimum Gasteiger partial charge on any atom is -0.497 e. The lowest BCUT2D eigenvalue weighted by atomic mass is 10.1. The van der Waals surface area contributed by atoms with Gasteiger partial charge >= 0.3 is 0 Å². The van der Waals surface area contributed by atoms with Crippen LogP contribution in [-0.4, -0.2) is 89.9 Å². The number of rotatable bonds is 10. The molecule has 0 radical (unpaired) electrons. The third kappa shape index (κ3) is 6.70. The van der Waals surface area contributed by atoms with E-state index in [4.69, 9.17) is 23.9 Å². The molecule has 2 saturated heterocycles. The van der Waals surface area contributed by atoms with Crippen molar-refractivity contribution in [1.29, 1.82) is 0 Å². The Morgan fingerprint density at radius 1 is 0.897 bits per heavy atom. The van der Waals surface area contributed by atoms with E-state index >= 15 is 0 Å². The van der Waals surface area contributed by atoms with E-state index in [0.717, 1.165) is 92.5 Å². The summed E-state index contributed by atoms with van der Waals surface area (Å²) >= 11 is 0. The van der Waals surface area contributed by atoms with Crippen molar-refractivity contribution in [3.8, 4) is 5.75 Å². The molecule has 3 heterocycles. The highest BCUT2D eigenvalue weighted by Gasteiger charge is 2.19. The van der Waals surface area contributed by atoms with E-state index in [9.17, 15) is 0 Å². The van der Waals surface area contributed by atoms with Crippen LogP contribution in [0.5, 0.6) is 5.75 Å². The monoisotopic (exact) mass is 534 g/mol. The Morgan fingerprint density at radius 3 is 2.18 bits per heavy atom. The van der Waals surface area contributed by atoms with Crippen molar-refractivity contribution in [2.45, 2.75) is 6.92 Å². The van der Waals surface area contributed by atoms with Gasteiger partial charge in [0.1, 0.15) is 11.6 Å². The maximum Gasteiger partial charge on any atom is 0.229 e. The summed E-state index contributed by atoms with van der Waals surface area (Å²) < 4.78 is 22.1. The maximum absolute atomic E-state index is 5.59. The molecular formula is C29H38N6O4. The van der Waals surface area contributed by atoms with Crippen LogP contribution in [0.1, 0.15) is 5.56 Å². The summed E-state index contributed by atoms with van der Waals surface area (Å²) in [5.41, 5.74) is 5.40. The molecule has 0 atom stereocenters. The minimum absolute atomic E-state index is 0.530. The van der Waals surface area contributed by atoms with Crippen molar-refractivity contribution in [1.82, 2.24) is 9.97 Å². The topological polar surface area (TPSA) is 84.5 Å². The van der Waals surface area contributed by atoms with Crippen LogP contribution in [0.25, 0.3) is 0 Å². The number of ether oxygens (including phenoxy) is 4. The Morgan fingerprint density at radius 2 is 1.56 bits per heavy atom. The lowest BCUT2D eigenvalue weighted by Crippen LogP contribution is -2.38. The highest BCUT2D eigenvalue weighted by Crippen LogP contribution is 2.33. The van der Waals surface area contributed by atoms with Crippen molar-refractivity contribution in [2.24, 2.45) is 0 Å². The van der Waals surface area contributed by atoms with E-state index in [0.29, 0.717) is 19.1 Å². The molecule has 10 heteroatoms. The predicted molar refractivity (Wildman–Crippen MR) is 154 cm³/mol. The molecule has 0 unspecified atom stereocenters. The first-order valence-electron chi connectivity index (χ1n) is 13.5. The largest absolute Gasteiger partial charge is 0.497 e. The second-order valence-electron chi connectivity index (χ2n) is 9.60. The summed E-state index contributed by atoms with van der Waals surface area (Å²) in [6.45, 7) is 9.67. The smallest absolute Gasteiger partial charge is 0.229 e. The van der Waals surface area contributed by atoms with Crippen molar-refractivity contribution in [3.05, 3.63) is 54.2 Å². The lowest BCUT2D eigenvalue weighted by Gasteiger charge is -2.33. The Hall–Kier alpha value is -3.60. The van der Waals surface area contributed by atoms with E-state index in [1.165, 1.54) is 0 Å². The van der Waals surface area contributed by atoms with Gasteiger partial charge in [-0.1, -0.05) is 6.07 Å². The summed E-state index contributed by atoms with van der Waals surface area (Å²) in [5.74, 6) is 2.10. The number of benzene rings is 2. The van der Waals surface area contributed by atoms with E-state index in [2.05, 4.69) is 56.2 Å². The SMILES string of the molecule is COCCN(c1ccnc(Nc2cc(N3CCOCC3)cc(N3CCOCC3)c2)n1)c1cc(OC)ccc1C. The highest BCUT2D eigenvalue weighted by atomic mass is 16.5. The summed E-state index contributed by atoms with van der Waals surface area (Å²) in [6, 6.07) is 14.6. The highest BCUT2D eigenvalue weighted by molar-refractivity contribution is 5.72. The summed E-state index contributed by atoms with van der Waals surface area (Å²) in [4.78, 5) is 16.4. The third-order valence-electron chi connectivity index (χ3n) is 7.05. The van der Waals surface area contributed by atoms with Gasteiger partial charge in [-0.25, -0.2) is 4.98 Å². The standard InChI is InChI=1S/C29H38N6O4/c1-22-4-5-26(37-3)21-27(22)35(12-13-36-2)28-6-7-30-29(32-28)31-23-18-24(33-8-14-38-15-9-33)20-25(19-23)34-10-16-39-17-11-34/h4-7,18-21H,8-17H2,1-3H3,(H,30,31,32). The summed E-state index contributed by atoms with van der Waals surface area (Å²) in [6.07, 6.45) is 1.79. The van der Waals surface area contributed by atoms with E-state index in [-0.39, 0.29) is 0 Å². The lowest BCUT2D eigenvalue weighted by molar-refractivity contribution is 0.122. The average Bonchev–Trinajstić information content (AvgIpc) is 2.99. The fourth-order valence-electron chi connectivity index (χ4n) is 4.91. The molecule has 0 bridgehead atoms. The van der Waals surface area contributed by atoms with Crippen LogP contribution in [-0.2, 0) is 14.2 Å². The van der Waals surface area contributed by atoms with Crippen molar-refractivity contribution in [3.63, 3.8) is 0 Å². The molecule has 2 aromatic carbocycles. The molecule has 1 N–H and O–H groups in total. The normalized spacial score (nSPS) is 15.8. The molecule has 2 aliphatic rings. The van der Waals surface area contributed by atoms with Gasteiger partial charge in [-0.05, 0) is 42.8 Å². The molecule has 0 spiro atoms. The molecule has 0 amide bonds. The van der Waals surface area contributed by atoms with Crippen molar-refractivity contribution < 1.29 is 18.9 Å². The Kier molecular flexibility index (Phi) is 8.97. The van der Waals surface area contributed by atoms with Crippen LogP contribution >= 0.6 is 0 Å². The molecule has 5 rings (SSSR count). The summed E-state index contributed by atoms with van der Waals surface area (Å²) in [7, 11) is 3.38. The van der Waals surface area contributed by atoms with E-state index in [1.54, 1.807) is 20.4 Å². The second-order valence-corrected chi connectivity index (χ2v) is 9.60. The zero-order valence-corrected chi connectivity index (χ0v) is 23.1. The van der Waals surface area contributed by atoms with Crippen LogP contribution in [0.4, 0.5) is 34.5 Å². The first-order valence-corrected chi connectivity index (χ1v) is 13.5. The fourth-order valence-corrected chi connectivity index (χ4v) is 4.91. The number of nitrogens with one attached hydrogen (secondary N) is 1. The predicted octanol–water partition coefficient (Wildman–Crippen LogP) is 3.99. The van der Waals surface area contributed by atoms with Crippen LogP contribution in [0.2, 0.25) is 0 Å². The van der Waals surface area contributed by atoms with Gasteiger partial charge in [0.05, 0.1) is 40.1 Å². The molecule has 39 heavy (non-hydrogen) atoms. The van der Waals surface area contributed by atoms with Crippen molar-refractivity contribution in [2.75, 3.05) is 100.0 Å². The Balaban J connectivity index is 1.46. The van der Waals surface area contributed by atoms with Crippen LogP contribution < -0.4 is 24.8 Å². The molecule has 2 aliphatic heterocycles. The molecule has 1 aromatic heterocycles. The molecular weight excluding hydrogens is 496 g/mol. The number of morpholine rings is 2. The number of hydrogen-bond donors (Lipinski definition) is 1. The molecule has 208 valence electrons. The number of methoxy groups -OCH3 is 2. The van der Waals surface area contributed by atoms with Gasteiger partial charge in [-0.2, -0.15) is 4.98 Å². The zero-order chi connectivity index (χ0) is 27.0. The molecule has 3 aromatic rings. The molecule has 0 aliphatic carbocycles. The number of nitrogens with zero attached hydrogens (tertiary/aromatic N) is 5. The van der Waals surface area contributed by atoms with Gasteiger partial charge in [-0.3, -0.25) is 0 Å². The first kappa shape index (κ1) is 27.0. The van der Waals surface area contributed by atoms with E-state index in [1.807, 2.05) is 18.2 Å². The summed E-state index contributed by atoms with van der Waals surface area (Å²) in [5, 5.41) is 3.48.